The van der Waals surface area contributed by atoms with E-state index in [-0.39, 0.29) is 0 Å². The van der Waals surface area contributed by atoms with E-state index in [1.165, 1.54) is 6.42 Å². The van der Waals surface area contributed by atoms with Crippen LogP contribution < -0.4 is 0 Å². The Morgan fingerprint density at radius 2 is 1.10 bits per heavy atom. The molecule has 0 N–H and O–H groups in total. The van der Waals surface area contributed by atoms with Crippen molar-refractivity contribution in [2.75, 3.05) is 21.3 Å². The summed E-state index contributed by atoms with van der Waals surface area (Å²) in [7, 11) is 3.31. The van der Waals surface area contributed by atoms with Crippen molar-refractivity contribution in [1.82, 2.24) is 0 Å². The molecule has 0 atom stereocenters. The second kappa shape index (κ2) is 11.8. The van der Waals surface area contributed by atoms with Crippen LogP contribution in [0.15, 0.2) is 0 Å². The molecular formula is C6H17O3Si. The Bertz CT molecular complexity index is 42.7. The summed E-state index contributed by atoms with van der Waals surface area (Å²) in [5.74, 6) is 0. The molecule has 0 saturated heterocycles. The summed E-state index contributed by atoms with van der Waals surface area (Å²) in [5.41, 5.74) is 0. The maximum Gasteiger partial charge on any atom is 0.576 e. The lowest BCUT2D eigenvalue weighted by molar-refractivity contribution is 0.163. The molecule has 0 saturated carbocycles. The summed E-state index contributed by atoms with van der Waals surface area (Å²) in [6, 6.07) is 0. The van der Waals surface area contributed by atoms with Gasteiger partial charge >= 0.3 is 9.53 Å². The average molecular weight is 165 g/mol. The summed E-state index contributed by atoms with van der Waals surface area (Å²) in [5, 5.41) is 0. The Morgan fingerprint density at radius 3 is 1.10 bits per heavy atom. The van der Waals surface area contributed by atoms with Crippen LogP contribution in [0.1, 0.15) is 20.3 Å². The van der Waals surface area contributed by atoms with Crippen molar-refractivity contribution in [2.45, 2.75) is 20.3 Å². The van der Waals surface area contributed by atoms with E-state index in [1.54, 1.807) is 21.3 Å². The molecule has 0 amide bonds. The van der Waals surface area contributed by atoms with Crippen LogP contribution >= 0.6 is 0 Å². The normalized spacial score (nSPS) is 9.00. The maximum atomic E-state index is 4.71. The molecule has 0 aromatic heterocycles. The van der Waals surface area contributed by atoms with Crippen molar-refractivity contribution in [3.63, 3.8) is 0 Å². The van der Waals surface area contributed by atoms with Crippen molar-refractivity contribution in [3.05, 3.63) is 0 Å². The van der Waals surface area contributed by atoms with Gasteiger partial charge in [-0.25, -0.2) is 0 Å². The minimum atomic E-state index is -1.36. The van der Waals surface area contributed by atoms with E-state index < -0.39 is 9.53 Å². The third-order valence-corrected chi connectivity index (χ3v) is 1.50. The third kappa shape index (κ3) is 11.0. The number of rotatable bonds is 3. The first kappa shape index (κ1) is 12.7. The van der Waals surface area contributed by atoms with E-state index in [0.717, 1.165) is 0 Å². The minimum Gasteiger partial charge on any atom is -0.375 e. The molecule has 0 aliphatic carbocycles. The van der Waals surface area contributed by atoms with E-state index >= 15 is 0 Å². The first-order valence-corrected chi connectivity index (χ1v) is 4.48. The van der Waals surface area contributed by atoms with Crippen LogP contribution in [0.3, 0.4) is 0 Å². The molecule has 0 fully saturated rings. The fourth-order valence-corrected chi connectivity index (χ4v) is 0.750. The molecular weight excluding hydrogens is 148 g/mol. The van der Waals surface area contributed by atoms with Crippen LogP contribution in [-0.4, -0.2) is 30.9 Å². The highest BCUT2D eigenvalue weighted by Crippen LogP contribution is 1.81. The van der Waals surface area contributed by atoms with Gasteiger partial charge in [0, 0.05) is 21.3 Å². The highest BCUT2D eigenvalue weighted by atomic mass is 28.3. The average Bonchev–Trinajstić information content (AvgIpc) is 1.93. The molecule has 4 heteroatoms. The fraction of sp³-hybridized carbons (Fsp3) is 1.00. The van der Waals surface area contributed by atoms with Crippen LogP contribution in [-0.2, 0) is 13.3 Å². The van der Waals surface area contributed by atoms with Gasteiger partial charge in [0.25, 0.3) is 0 Å². The highest BCUT2D eigenvalue weighted by Gasteiger charge is 2.09. The number of hydrogen-bond acceptors (Lipinski definition) is 3. The quantitative estimate of drug-likeness (QED) is 0.590. The largest absolute Gasteiger partial charge is 0.576 e. The second-order valence-electron chi connectivity index (χ2n) is 1.57. The van der Waals surface area contributed by atoms with E-state index in [9.17, 15) is 0 Å². The van der Waals surface area contributed by atoms with Gasteiger partial charge in [-0.15, -0.1) is 0 Å². The van der Waals surface area contributed by atoms with E-state index in [4.69, 9.17) is 13.3 Å². The Kier molecular flexibility index (Phi) is 15.1. The summed E-state index contributed by atoms with van der Waals surface area (Å²) in [4.78, 5) is 0. The molecule has 63 valence electrons. The Morgan fingerprint density at radius 1 is 0.900 bits per heavy atom. The lowest BCUT2D eigenvalue weighted by atomic mass is 10.6. The molecule has 1 radical (unpaired) electrons. The SMILES string of the molecule is CCC.CO[Si](OC)OC. The van der Waals surface area contributed by atoms with Gasteiger partial charge in [0.1, 0.15) is 0 Å². The summed E-state index contributed by atoms with van der Waals surface area (Å²) >= 11 is 0. The summed E-state index contributed by atoms with van der Waals surface area (Å²) < 4.78 is 14.1. The van der Waals surface area contributed by atoms with Gasteiger partial charge in [0.15, 0.2) is 0 Å². The van der Waals surface area contributed by atoms with Gasteiger partial charge < -0.3 is 13.3 Å². The molecule has 3 nitrogen and oxygen atoms in total. The van der Waals surface area contributed by atoms with Crippen LogP contribution in [0.5, 0.6) is 0 Å². The highest BCUT2D eigenvalue weighted by molar-refractivity contribution is 6.36. The predicted molar refractivity (Wildman–Crippen MR) is 42.7 cm³/mol. The molecule has 0 heterocycles. The molecule has 0 aliphatic rings. The predicted octanol–water partition coefficient (Wildman–Crippen LogP) is 1.33. The van der Waals surface area contributed by atoms with Crippen LogP contribution in [0.4, 0.5) is 0 Å². The smallest absolute Gasteiger partial charge is 0.375 e. The second-order valence-corrected chi connectivity index (χ2v) is 3.29. The van der Waals surface area contributed by atoms with Crippen molar-refractivity contribution >= 4 is 9.53 Å². The van der Waals surface area contributed by atoms with Gasteiger partial charge in [0.2, 0.25) is 0 Å². The Labute approximate surface area is 65.3 Å². The van der Waals surface area contributed by atoms with Crippen LogP contribution in [0.2, 0.25) is 0 Å². The van der Waals surface area contributed by atoms with Crippen molar-refractivity contribution in [2.24, 2.45) is 0 Å². The molecule has 0 spiro atoms. The standard InChI is InChI=1S/C3H9O3Si.C3H8/c1-4-7(5-2)6-3;1-3-2/h1-3H3;3H2,1-2H3. The van der Waals surface area contributed by atoms with E-state index in [0.29, 0.717) is 0 Å². The fourth-order valence-electron chi connectivity index (χ4n) is 0.250. The van der Waals surface area contributed by atoms with E-state index in [1.807, 2.05) is 0 Å². The van der Waals surface area contributed by atoms with Gasteiger partial charge in [-0.1, -0.05) is 20.3 Å². The Balaban J connectivity index is 0. The zero-order valence-corrected chi connectivity index (χ0v) is 8.43. The molecule has 0 aliphatic heterocycles. The first-order chi connectivity index (χ1) is 4.76. The lowest BCUT2D eigenvalue weighted by Crippen LogP contribution is -2.21. The zero-order chi connectivity index (χ0) is 8.41. The van der Waals surface area contributed by atoms with E-state index in [2.05, 4.69) is 13.8 Å². The maximum absolute atomic E-state index is 4.71. The third-order valence-electron chi connectivity index (χ3n) is 0.500. The topological polar surface area (TPSA) is 27.7 Å². The molecule has 0 rings (SSSR count). The van der Waals surface area contributed by atoms with Gasteiger partial charge in [-0.05, 0) is 0 Å². The van der Waals surface area contributed by atoms with Gasteiger partial charge in [-0.2, -0.15) is 0 Å². The molecule has 0 aromatic carbocycles. The summed E-state index contributed by atoms with van der Waals surface area (Å²) in [6.45, 7) is 4.25. The lowest BCUT2D eigenvalue weighted by Gasteiger charge is -2.02. The van der Waals surface area contributed by atoms with Crippen molar-refractivity contribution < 1.29 is 13.3 Å². The molecule has 0 bridgehead atoms. The zero-order valence-electron chi connectivity index (χ0n) is 7.43. The number of hydrogen-bond donors (Lipinski definition) is 0. The molecule has 0 unspecified atom stereocenters. The van der Waals surface area contributed by atoms with Crippen LogP contribution in [0.25, 0.3) is 0 Å². The summed E-state index contributed by atoms with van der Waals surface area (Å²) in [6.07, 6.45) is 1.25. The first-order valence-electron chi connectivity index (χ1n) is 3.25. The molecule has 10 heavy (non-hydrogen) atoms. The Hall–Kier alpha value is 0.0969. The molecule has 0 aromatic rings. The van der Waals surface area contributed by atoms with Gasteiger partial charge in [-0.3, -0.25) is 0 Å². The van der Waals surface area contributed by atoms with Crippen molar-refractivity contribution in [3.8, 4) is 0 Å². The monoisotopic (exact) mass is 165 g/mol. The van der Waals surface area contributed by atoms with Gasteiger partial charge in [0.05, 0.1) is 0 Å². The van der Waals surface area contributed by atoms with Crippen molar-refractivity contribution in [1.29, 1.82) is 0 Å². The minimum absolute atomic E-state index is 1.25. The van der Waals surface area contributed by atoms with Crippen LogP contribution in [0, 0.1) is 0 Å².